The van der Waals surface area contributed by atoms with Crippen LogP contribution in [0.3, 0.4) is 0 Å². The summed E-state index contributed by atoms with van der Waals surface area (Å²) in [4.78, 5) is 0. The van der Waals surface area contributed by atoms with Crippen molar-refractivity contribution in [2.24, 2.45) is 0 Å². The minimum absolute atomic E-state index is 0.741. The van der Waals surface area contributed by atoms with Gasteiger partial charge in [-0.05, 0) is 25.4 Å². The predicted molar refractivity (Wildman–Crippen MR) is 96.6 cm³/mol. The average Bonchev–Trinajstić information content (AvgIpc) is 2.48. The first-order chi connectivity index (χ1) is 10.3. The minimum Gasteiger partial charge on any atom is -0.418 e. The number of ether oxygens (including phenoxy) is 1. The molecule has 0 amide bonds. The Labute approximate surface area is 135 Å². The van der Waals surface area contributed by atoms with E-state index in [0.717, 1.165) is 13.2 Å². The number of rotatable bonds is 17. The van der Waals surface area contributed by atoms with Gasteiger partial charge in [-0.25, -0.2) is 0 Å². The molecule has 0 spiro atoms. The Morgan fingerprint density at radius 2 is 1.33 bits per heavy atom. The first-order valence-corrected chi connectivity index (χ1v) is 11.5. The van der Waals surface area contributed by atoms with Crippen LogP contribution in [0.2, 0.25) is 12.6 Å². The zero-order valence-electron chi connectivity index (χ0n) is 14.6. The van der Waals surface area contributed by atoms with E-state index in [4.69, 9.17) is 9.16 Å². The molecule has 0 heterocycles. The number of hydrogen-bond donors (Lipinski definition) is 0. The molecule has 0 aliphatic carbocycles. The van der Waals surface area contributed by atoms with Crippen molar-refractivity contribution in [1.29, 1.82) is 0 Å². The Morgan fingerprint density at radius 3 is 1.86 bits per heavy atom. The molecule has 0 aromatic heterocycles. The molecule has 0 radical (unpaired) electrons. The third kappa shape index (κ3) is 17.8. The van der Waals surface area contributed by atoms with Gasteiger partial charge in [-0.1, -0.05) is 63.9 Å². The molecule has 3 heteroatoms. The summed E-state index contributed by atoms with van der Waals surface area (Å²) in [6.45, 7) is 7.60. The van der Waals surface area contributed by atoms with Gasteiger partial charge in [0.2, 0.25) is 0 Å². The van der Waals surface area contributed by atoms with E-state index in [9.17, 15) is 0 Å². The molecule has 21 heavy (non-hydrogen) atoms. The Balaban J connectivity index is 3.06. The normalized spacial score (nSPS) is 12.5. The number of hydrogen-bond acceptors (Lipinski definition) is 2. The lowest BCUT2D eigenvalue weighted by Crippen LogP contribution is -2.16. The summed E-state index contributed by atoms with van der Waals surface area (Å²) in [6, 6.07) is 1.33. The second-order valence-corrected chi connectivity index (χ2v) is 8.61. The SMILES string of the molecule is C=CCCCCCCCCCCCC[SiH](C)OCCOC. The van der Waals surface area contributed by atoms with Crippen molar-refractivity contribution in [2.75, 3.05) is 20.3 Å². The molecular formula is C18H38O2Si. The first kappa shape index (κ1) is 20.9. The molecule has 2 nitrogen and oxygen atoms in total. The van der Waals surface area contributed by atoms with Crippen LogP contribution in [0.15, 0.2) is 12.7 Å². The molecule has 0 aliphatic heterocycles. The lowest BCUT2D eigenvalue weighted by atomic mass is 10.1. The van der Waals surface area contributed by atoms with Gasteiger partial charge in [0.25, 0.3) is 0 Å². The van der Waals surface area contributed by atoms with E-state index in [0.29, 0.717) is 0 Å². The molecule has 0 N–H and O–H groups in total. The van der Waals surface area contributed by atoms with Crippen LogP contribution in [0.1, 0.15) is 70.6 Å². The third-order valence-corrected chi connectivity index (χ3v) is 5.98. The molecule has 1 atom stereocenters. The van der Waals surface area contributed by atoms with Crippen LogP contribution in [-0.2, 0) is 9.16 Å². The fourth-order valence-electron chi connectivity index (χ4n) is 2.55. The molecular weight excluding hydrogens is 276 g/mol. The van der Waals surface area contributed by atoms with Gasteiger partial charge in [-0.15, -0.1) is 6.58 Å². The fraction of sp³-hybridized carbons (Fsp3) is 0.889. The van der Waals surface area contributed by atoms with Gasteiger partial charge in [0, 0.05) is 7.11 Å². The maximum atomic E-state index is 5.79. The van der Waals surface area contributed by atoms with E-state index in [1.54, 1.807) is 7.11 Å². The standard InChI is InChI=1S/C18H38O2Si/c1-4-5-6-7-8-9-10-11-12-13-14-15-18-21(3)20-17-16-19-2/h4,21H,1,5-18H2,2-3H3. The van der Waals surface area contributed by atoms with E-state index in [1.165, 1.54) is 76.7 Å². The molecule has 0 bridgehead atoms. The molecule has 0 aromatic rings. The Kier molecular flexibility index (Phi) is 17.8. The summed E-state index contributed by atoms with van der Waals surface area (Å²) in [7, 11) is 0.828. The minimum atomic E-state index is -0.905. The second kappa shape index (κ2) is 17.9. The Hall–Kier alpha value is -0.123. The van der Waals surface area contributed by atoms with Crippen molar-refractivity contribution >= 4 is 9.04 Å². The molecule has 0 aliphatic rings. The second-order valence-electron chi connectivity index (χ2n) is 6.08. The van der Waals surface area contributed by atoms with Gasteiger partial charge in [0.05, 0.1) is 13.2 Å². The molecule has 126 valence electrons. The highest BCUT2D eigenvalue weighted by Crippen LogP contribution is 2.13. The van der Waals surface area contributed by atoms with Crippen LogP contribution >= 0.6 is 0 Å². The highest BCUT2D eigenvalue weighted by atomic mass is 28.3. The molecule has 0 saturated carbocycles. The number of allylic oxidation sites excluding steroid dienone is 1. The number of methoxy groups -OCH3 is 1. The van der Waals surface area contributed by atoms with Gasteiger partial charge in [0.1, 0.15) is 0 Å². The summed E-state index contributed by atoms with van der Waals surface area (Å²) in [5.74, 6) is 0. The zero-order chi connectivity index (χ0) is 15.6. The van der Waals surface area contributed by atoms with Gasteiger partial charge in [-0.2, -0.15) is 0 Å². The highest BCUT2D eigenvalue weighted by Gasteiger charge is 2.03. The van der Waals surface area contributed by atoms with Gasteiger partial charge in [0.15, 0.2) is 9.04 Å². The van der Waals surface area contributed by atoms with Crippen LogP contribution in [0.25, 0.3) is 0 Å². The van der Waals surface area contributed by atoms with Crippen LogP contribution in [0.5, 0.6) is 0 Å². The van der Waals surface area contributed by atoms with E-state index in [1.807, 2.05) is 6.08 Å². The van der Waals surface area contributed by atoms with Gasteiger partial charge < -0.3 is 9.16 Å². The molecule has 0 rings (SSSR count). The largest absolute Gasteiger partial charge is 0.418 e. The Morgan fingerprint density at radius 1 is 0.810 bits per heavy atom. The van der Waals surface area contributed by atoms with Crippen LogP contribution in [0, 0.1) is 0 Å². The van der Waals surface area contributed by atoms with Crippen molar-refractivity contribution < 1.29 is 9.16 Å². The van der Waals surface area contributed by atoms with Crippen molar-refractivity contribution in [3.8, 4) is 0 Å². The van der Waals surface area contributed by atoms with Crippen molar-refractivity contribution in [1.82, 2.24) is 0 Å². The molecule has 0 fully saturated rings. The van der Waals surface area contributed by atoms with Crippen molar-refractivity contribution in [2.45, 2.75) is 83.2 Å². The zero-order valence-corrected chi connectivity index (χ0v) is 15.7. The fourth-order valence-corrected chi connectivity index (χ4v) is 4.08. The average molecular weight is 315 g/mol. The molecule has 0 aromatic carbocycles. The van der Waals surface area contributed by atoms with E-state index < -0.39 is 9.04 Å². The monoisotopic (exact) mass is 314 g/mol. The van der Waals surface area contributed by atoms with Crippen molar-refractivity contribution in [3.05, 3.63) is 12.7 Å². The summed E-state index contributed by atoms with van der Waals surface area (Å²) in [6.07, 6.45) is 17.2. The number of unbranched alkanes of at least 4 members (excludes halogenated alkanes) is 10. The Bertz CT molecular complexity index is 209. The van der Waals surface area contributed by atoms with Crippen LogP contribution in [-0.4, -0.2) is 29.4 Å². The smallest absolute Gasteiger partial charge is 0.174 e. The lowest BCUT2D eigenvalue weighted by molar-refractivity contribution is 0.146. The van der Waals surface area contributed by atoms with Crippen molar-refractivity contribution in [3.63, 3.8) is 0 Å². The van der Waals surface area contributed by atoms with Gasteiger partial charge in [-0.3, -0.25) is 0 Å². The molecule has 0 saturated heterocycles. The van der Waals surface area contributed by atoms with E-state index in [-0.39, 0.29) is 0 Å². The quantitative estimate of drug-likeness (QED) is 0.201. The molecule has 1 unspecified atom stereocenters. The predicted octanol–water partition coefficient (Wildman–Crippen LogP) is 5.48. The highest BCUT2D eigenvalue weighted by molar-refractivity contribution is 6.50. The van der Waals surface area contributed by atoms with E-state index in [2.05, 4.69) is 13.1 Å². The van der Waals surface area contributed by atoms with Crippen LogP contribution in [0.4, 0.5) is 0 Å². The summed E-state index contributed by atoms with van der Waals surface area (Å²) >= 11 is 0. The summed E-state index contributed by atoms with van der Waals surface area (Å²) in [5.41, 5.74) is 0. The summed E-state index contributed by atoms with van der Waals surface area (Å²) < 4.78 is 10.8. The first-order valence-electron chi connectivity index (χ1n) is 9.02. The summed E-state index contributed by atoms with van der Waals surface area (Å²) in [5, 5.41) is 0. The van der Waals surface area contributed by atoms with Gasteiger partial charge >= 0.3 is 0 Å². The van der Waals surface area contributed by atoms with E-state index >= 15 is 0 Å². The van der Waals surface area contributed by atoms with Crippen LogP contribution < -0.4 is 0 Å². The third-order valence-electron chi connectivity index (χ3n) is 3.96. The maximum absolute atomic E-state index is 5.79. The lowest BCUT2D eigenvalue weighted by Gasteiger charge is -2.10. The topological polar surface area (TPSA) is 18.5 Å². The maximum Gasteiger partial charge on any atom is 0.174 e.